The lowest BCUT2D eigenvalue weighted by atomic mass is 10.1. The lowest BCUT2D eigenvalue weighted by Gasteiger charge is -2.04. The molecule has 0 amide bonds. The first-order valence-corrected chi connectivity index (χ1v) is 5.02. The molecular formula is C11H9BrN2. The fourth-order valence-electron chi connectivity index (χ4n) is 1.32. The fourth-order valence-corrected chi connectivity index (χ4v) is 1.79. The number of anilines is 1. The molecule has 0 fully saturated rings. The van der Waals surface area contributed by atoms with Crippen molar-refractivity contribution in [1.82, 2.24) is 4.98 Å². The molecule has 0 unspecified atom stereocenters. The highest BCUT2D eigenvalue weighted by molar-refractivity contribution is 9.10. The molecule has 2 aromatic rings. The summed E-state index contributed by atoms with van der Waals surface area (Å²) in [5, 5.41) is 0. The van der Waals surface area contributed by atoms with E-state index in [9.17, 15) is 0 Å². The summed E-state index contributed by atoms with van der Waals surface area (Å²) in [6, 6.07) is 9.74. The predicted molar refractivity (Wildman–Crippen MR) is 61.8 cm³/mol. The summed E-state index contributed by atoms with van der Waals surface area (Å²) in [6.45, 7) is 0. The average Bonchev–Trinajstić information content (AvgIpc) is 2.18. The Labute approximate surface area is 90.9 Å². The van der Waals surface area contributed by atoms with Crippen molar-refractivity contribution >= 4 is 21.6 Å². The van der Waals surface area contributed by atoms with Crippen LogP contribution in [0.1, 0.15) is 0 Å². The van der Waals surface area contributed by atoms with Crippen molar-refractivity contribution in [2.24, 2.45) is 0 Å². The highest BCUT2D eigenvalue weighted by atomic mass is 79.9. The van der Waals surface area contributed by atoms with Crippen LogP contribution in [0.3, 0.4) is 0 Å². The van der Waals surface area contributed by atoms with Gasteiger partial charge in [0, 0.05) is 22.6 Å². The zero-order valence-electron chi connectivity index (χ0n) is 7.44. The molecule has 14 heavy (non-hydrogen) atoms. The van der Waals surface area contributed by atoms with E-state index < -0.39 is 0 Å². The van der Waals surface area contributed by atoms with Crippen LogP contribution in [0.15, 0.2) is 47.2 Å². The van der Waals surface area contributed by atoms with E-state index in [0.717, 1.165) is 21.3 Å². The summed E-state index contributed by atoms with van der Waals surface area (Å²) < 4.78 is 0.977. The van der Waals surface area contributed by atoms with Gasteiger partial charge in [-0.2, -0.15) is 0 Å². The van der Waals surface area contributed by atoms with Crippen molar-refractivity contribution in [3.05, 3.63) is 47.2 Å². The SMILES string of the molecule is Nc1cccc(-c2ccncc2Br)c1. The van der Waals surface area contributed by atoms with Crippen molar-refractivity contribution < 1.29 is 0 Å². The van der Waals surface area contributed by atoms with Crippen LogP contribution in [0.4, 0.5) is 5.69 Å². The normalized spacial score (nSPS) is 10.1. The first-order chi connectivity index (χ1) is 6.77. The largest absolute Gasteiger partial charge is 0.399 e. The number of nitrogen functional groups attached to an aromatic ring is 1. The Morgan fingerprint density at radius 1 is 1.21 bits per heavy atom. The Kier molecular flexibility index (Phi) is 2.50. The van der Waals surface area contributed by atoms with Crippen LogP contribution in [0.2, 0.25) is 0 Å². The maximum absolute atomic E-state index is 5.72. The van der Waals surface area contributed by atoms with Gasteiger partial charge in [-0.25, -0.2) is 0 Å². The highest BCUT2D eigenvalue weighted by Gasteiger charge is 2.01. The molecule has 0 saturated carbocycles. The van der Waals surface area contributed by atoms with Gasteiger partial charge in [0.25, 0.3) is 0 Å². The highest BCUT2D eigenvalue weighted by Crippen LogP contribution is 2.27. The molecule has 2 nitrogen and oxygen atoms in total. The standard InChI is InChI=1S/C11H9BrN2/c12-11-7-14-5-4-10(11)8-2-1-3-9(13)6-8/h1-7H,13H2. The van der Waals surface area contributed by atoms with Gasteiger partial charge in [-0.05, 0) is 45.3 Å². The second-order valence-corrected chi connectivity index (χ2v) is 3.84. The first-order valence-electron chi connectivity index (χ1n) is 4.23. The first kappa shape index (κ1) is 9.21. The quantitative estimate of drug-likeness (QED) is 0.788. The smallest absolute Gasteiger partial charge is 0.0437 e. The number of aromatic nitrogens is 1. The van der Waals surface area contributed by atoms with Gasteiger partial charge in [0.15, 0.2) is 0 Å². The number of rotatable bonds is 1. The van der Waals surface area contributed by atoms with E-state index >= 15 is 0 Å². The number of hydrogen-bond acceptors (Lipinski definition) is 2. The van der Waals surface area contributed by atoms with E-state index in [2.05, 4.69) is 20.9 Å². The molecule has 1 aromatic carbocycles. The number of halogens is 1. The van der Waals surface area contributed by atoms with Crippen molar-refractivity contribution in [2.75, 3.05) is 5.73 Å². The Hall–Kier alpha value is -1.35. The van der Waals surface area contributed by atoms with Crippen molar-refractivity contribution in [3.63, 3.8) is 0 Å². The zero-order valence-corrected chi connectivity index (χ0v) is 9.03. The van der Waals surface area contributed by atoms with Crippen LogP contribution in [0, 0.1) is 0 Å². The lowest BCUT2D eigenvalue weighted by molar-refractivity contribution is 1.31. The number of hydrogen-bond donors (Lipinski definition) is 1. The molecule has 0 radical (unpaired) electrons. The molecule has 0 bridgehead atoms. The summed E-state index contributed by atoms with van der Waals surface area (Å²) in [5.74, 6) is 0. The van der Waals surface area contributed by atoms with E-state index in [1.807, 2.05) is 30.3 Å². The van der Waals surface area contributed by atoms with Gasteiger partial charge in [0.2, 0.25) is 0 Å². The topological polar surface area (TPSA) is 38.9 Å². The molecule has 0 saturated heterocycles. The van der Waals surface area contributed by atoms with Gasteiger partial charge in [-0.15, -0.1) is 0 Å². The van der Waals surface area contributed by atoms with E-state index in [0.29, 0.717) is 0 Å². The zero-order chi connectivity index (χ0) is 9.97. The van der Waals surface area contributed by atoms with E-state index in [1.54, 1.807) is 12.4 Å². The second kappa shape index (κ2) is 3.80. The van der Waals surface area contributed by atoms with Gasteiger partial charge >= 0.3 is 0 Å². The molecule has 0 spiro atoms. The third-order valence-corrected chi connectivity index (χ3v) is 2.60. The molecule has 70 valence electrons. The molecular weight excluding hydrogens is 240 g/mol. The Balaban J connectivity index is 2.55. The molecule has 0 atom stereocenters. The molecule has 1 heterocycles. The third-order valence-electron chi connectivity index (χ3n) is 1.97. The lowest BCUT2D eigenvalue weighted by Crippen LogP contribution is -1.86. The van der Waals surface area contributed by atoms with Gasteiger partial charge < -0.3 is 5.73 Å². The Morgan fingerprint density at radius 2 is 2.07 bits per heavy atom. The molecule has 3 heteroatoms. The van der Waals surface area contributed by atoms with Crippen molar-refractivity contribution in [3.8, 4) is 11.1 Å². The van der Waals surface area contributed by atoms with Crippen LogP contribution >= 0.6 is 15.9 Å². The predicted octanol–water partition coefficient (Wildman–Crippen LogP) is 3.09. The van der Waals surface area contributed by atoms with E-state index in [4.69, 9.17) is 5.73 Å². The van der Waals surface area contributed by atoms with E-state index in [1.165, 1.54) is 0 Å². The molecule has 1 aromatic heterocycles. The van der Waals surface area contributed by atoms with Gasteiger partial charge in [0.05, 0.1) is 0 Å². The average molecular weight is 249 g/mol. The summed E-state index contributed by atoms with van der Waals surface area (Å²) in [7, 11) is 0. The number of nitrogens with zero attached hydrogens (tertiary/aromatic N) is 1. The molecule has 2 N–H and O–H groups in total. The second-order valence-electron chi connectivity index (χ2n) is 2.98. The molecule has 0 aliphatic heterocycles. The van der Waals surface area contributed by atoms with Crippen LogP contribution in [0.5, 0.6) is 0 Å². The summed E-state index contributed by atoms with van der Waals surface area (Å²) in [4.78, 5) is 4.01. The molecule has 2 rings (SSSR count). The van der Waals surface area contributed by atoms with Crippen molar-refractivity contribution in [2.45, 2.75) is 0 Å². The molecule has 0 aliphatic carbocycles. The van der Waals surface area contributed by atoms with Crippen LogP contribution < -0.4 is 5.73 Å². The minimum absolute atomic E-state index is 0.770. The number of benzene rings is 1. The van der Waals surface area contributed by atoms with Gasteiger partial charge in [0.1, 0.15) is 0 Å². The summed E-state index contributed by atoms with van der Waals surface area (Å²) in [5.41, 5.74) is 8.69. The molecule has 0 aliphatic rings. The number of pyridine rings is 1. The van der Waals surface area contributed by atoms with Crippen LogP contribution in [0.25, 0.3) is 11.1 Å². The third kappa shape index (κ3) is 1.77. The maximum Gasteiger partial charge on any atom is 0.0437 e. The Bertz CT molecular complexity index is 455. The van der Waals surface area contributed by atoms with Crippen LogP contribution in [-0.4, -0.2) is 4.98 Å². The minimum Gasteiger partial charge on any atom is -0.399 e. The monoisotopic (exact) mass is 248 g/mol. The number of nitrogens with two attached hydrogens (primary N) is 1. The fraction of sp³-hybridized carbons (Fsp3) is 0. The maximum atomic E-state index is 5.72. The van der Waals surface area contributed by atoms with Crippen LogP contribution in [-0.2, 0) is 0 Å². The Morgan fingerprint density at radius 3 is 2.79 bits per heavy atom. The van der Waals surface area contributed by atoms with Crippen molar-refractivity contribution in [1.29, 1.82) is 0 Å². The summed E-state index contributed by atoms with van der Waals surface area (Å²) >= 11 is 3.45. The minimum atomic E-state index is 0.770. The van der Waals surface area contributed by atoms with Gasteiger partial charge in [-0.3, -0.25) is 4.98 Å². The summed E-state index contributed by atoms with van der Waals surface area (Å²) in [6.07, 6.45) is 3.54. The van der Waals surface area contributed by atoms with Gasteiger partial charge in [-0.1, -0.05) is 12.1 Å². The van der Waals surface area contributed by atoms with E-state index in [-0.39, 0.29) is 0 Å².